The molecule has 0 saturated heterocycles. The van der Waals surface area contributed by atoms with Gasteiger partial charge >= 0.3 is 0 Å². The summed E-state index contributed by atoms with van der Waals surface area (Å²) < 4.78 is 5.48. The van der Waals surface area contributed by atoms with E-state index in [4.69, 9.17) is 4.42 Å². The quantitative estimate of drug-likeness (QED) is 0.832. The Hall–Kier alpha value is -1.88. The first-order valence-electron chi connectivity index (χ1n) is 6.45. The highest BCUT2D eigenvalue weighted by Gasteiger charge is 2.12. The molecule has 106 valence electrons. The third-order valence-corrected chi connectivity index (χ3v) is 3.86. The molecule has 5 heteroatoms. The van der Waals surface area contributed by atoms with E-state index in [1.165, 1.54) is 6.92 Å². The number of rotatable bonds is 6. The lowest BCUT2D eigenvalue weighted by molar-refractivity contribution is -0.121. The van der Waals surface area contributed by atoms with E-state index in [2.05, 4.69) is 5.32 Å². The van der Waals surface area contributed by atoms with Crippen molar-refractivity contribution < 1.29 is 14.0 Å². The van der Waals surface area contributed by atoms with Crippen molar-refractivity contribution in [3.63, 3.8) is 0 Å². The van der Waals surface area contributed by atoms with Crippen LogP contribution in [-0.4, -0.2) is 11.7 Å². The van der Waals surface area contributed by atoms with Crippen LogP contribution in [0, 0.1) is 6.92 Å². The maximum Gasteiger partial charge on any atom is 0.220 e. The summed E-state index contributed by atoms with van der Waals surface area (Å²) >= 11 is 1.62. The molecule has 4 nitrogen and oxygen atoms in total. The van der Waals surface area contributed by atoms with E-state index in [1.54, 1.807) is 24.3 Å². The predicted molar refractivity (Wildman–Crippen MR) is 77.9 cm³/mol. The maximum absolute atomic E-state index is 11.7. The molecule has 0 aromatic carbocycles. The zero-order chi connectivity index (χ0) is 14.5. The van der Waals surface area contributed by atoms with Gasteiger partial charge in [-0.05, 0) is 31.4 Å². The average molecular weight is 291 g/mol. The van der Waals surface area contributed by atoms with Gasteiger partial charge in [0.2, 0.25) is 5.91 Å². The normalized spacial score (nSPS) is 10.5. The van der Waals surface area contributed by atoms with Crippen LogP contribution in [-0.2, 0) is 17.8 Å². The van der Waals surface area contributed by atoms with E-state index in [0.717, 1.165) is 4.88 Å². The lowest BCUT2D eigenvalue weighted by Crippen LogP contribution is -2.22. The summed E-state index contributed by atoms with van der Waals surface area (Å²) in [6, 6.07) is 5.67. The van der Waals surface area contributed by atoms with E-state index in [9.17, 15) is 9.59 Å². The fourth-order valence-electron chi connectivity index (χ4n) is 1.94. The lowest BCUT2D eigenvalue weighted by Gasteiger charge is -2.02. The van der Waals surface area contributed by atoms with Crippen molar-refractivity contribution in [2.45, 2.75) is 33.2 Å². The van der Waals surface area contributed by atoms with Crippen LogP contribution < -0.4 is 5.32 Å². The molecule has 2 aromatic heterocycles. The van der Waals surface area contributed by atoms with Crippen molar-refractivity contribution in [1.82, 2.24) is 5.32 Å². The fourth-order valence-corrected chi connectivity index (χ4v) is 2.58. The number of ketones is 1. The molecule has 0 fully saturated rings. The molecule has 20 heavy (non-hydrogen) atoms. The van der Waals surface area contributed by atoms with Gasteiger partial charge in [-0.3, -0.25) is 9.59 Å². The molecule has 0 bridgehead atoms. The number of nitrogens with one attached hydrogen (secondary N) is 1. The summed E-state index contributed by atoms with van der Waals surface area (Å²) in [5.74, 6) is 1.27. The van der Waals surface area contributed by atoms with Crippen LogP contribution in [0.2, 0.25) is 0 Å². The van der Waals surface area contributed by atoms with Gasteiger partial charge in [-0.15, -0.1) is 11.3 Å². The van der Waals surface area contributed by atoms with Gasteiger partial charge < -0.3 is 9.73 Å². The number of Topliss-reactive ketones (excluding diaryl/α,β-unsaturated/α-hetero) is 1. The van der Waals surface area contributed by atoms with Crippen molar-refractivity contribution in [3.05, 3.63) is 45.5 Å². The van der Waals surface area contributed by atoms with Crippen LogP contribution in [0.15, 0.2) is 28.0 Å². The van der Waals surface area contributed by atoms with Gasteiger partial charge in [0.25, 0.3) is 0 Å². The largest absolute Gasteiger partial charge is 0.466 e. The van der Waals surface area contributed by atoms with Crippen LogP contribution >= 0.6 is 11.3 Å². The summed E-state index contributed by atoms with van der Waals surface area (Å²) in [7, 11) is 0. The Morgan fingerprint density at radius 2 is 2.20 bits per heavy atom. The van der Waals surface area contributed by atoms with E-state index < -0.39 is 0 Å². The SMILES string of the molecule is CC(=O)c1cc(CCC(=O)NCc2cccs2)oc1C. The molecule has 2 rings (SSSR count). The Morgan fingerprint density at radius 3 is 2.80 bits per heavy atom. The second-order valence-corrected chi connectivity index (χ2v) is 5.63. The molecule has 0 saturated carbocycles. The van der Waals surface area contributed by atoms with Crippen LogP contribution in [0.1, 0.15) is 40.1 Å². The van der Waals surface area contributed by atoms with Crippen molar-refractivity contribution in [3.8, 4) is 0 Å². The van der Waals surface area contributed by atoms with Crippen LogP contribution in [0.5, 0.6) is 0 Å². The molecule has 0 radical (unpaired) electrons. The topological polar surface area (TPSA) is 59.3 Å². The van der Waals surface area contributed by atoms with Gasteiger partial charge in [-0.1, -0.05) is 6.07 Å². The fraction of sp³-hybridized carbons (Fsp3) is 0.333. The summed E-state index contributed by atoms with van der Waals surface area (Å²) in [6.45, 7) is 3.83. The van der Waals surface area contributed by atoms with Crippen molar-refractivity contribution in [2.75, 3.05) is 0 Å². The van der Waals surface area contributed by atoms with Crippen molar-refractivity contribution in [2.24, 2.45) is 0 Å². The minimum absolute atomic E-state index is 0.0142. The van der Waals surface area contributed by atoms with Gasteiger partial charge in [0.15, 0.2) is 5.78 Å². The van der Waals surface area contributed by atoms with Gasteiger partial charge in [-0.2, -0.15) is 0 Å². The van der Waals surface area contributed by atoms with E-state index in [0.29, 0.717) is 36.5 Å². The smallest absolute Gasteiger partial charge is 0.220 e. The zero-order valence-electron chi connectivity index (χ0n) is 11.6. The lowest BCUT2D eigenvalue weighted by atomic mass is 10.1. The van der Waals surface area contributed by atoms with Crippen LogP contribution in [0.4, 0.5) is 0 Å². The molecular formula is C15H17NO3S. The summed E-state index contributed by atoms with van der Waals surface area (Å²) in [4.78, 5) is 24.2. The molecule has 2 aromatic rings. The van der Waals surface area contributed by atoms with Crippen LogP contribution in [0.25, 0.3) is 0 Å². The number of amides is 1. The van der Waals surface area contributed by atoms with E-state index in [1.807, 2.05) is 17.5 Å². The van der Waals surface area contributed by atoms with E-state index >= 15 is 0 Å². The summed E-state index contributed by atoms with van der Waals surface area (Å²) in [6.07, 6.45) is 0.861. The van der Waals surface area contributed by atoms with Crippen LogP contribution in [0.3, 0.4) is 0 Å². The number of carbonyl (C=O) groups is 2. The molecule has 0 atom stereocenters. The minimum Gasteiger partial charge on any atom is -0.466 e. The predicted octanol–water partition coefficient (Wildman–Crippen LogP) is 3.10. The third-order valence-electron chi connectivity index (χ3n) is 2.99. The number of hydrogen-bond donors (Lipinski definition) is 1. The summed E-state index contributed by atoms with van der Waals surface area (Å²) in [5, 5.41) is 4.84. The molecule has 0 aliphatic heterocycles. The Labute approximate surface area is 121 Å². The monoisotopic (exact) mass is 291 g/mol. The molecule has 1 N–H and O–H groups in total. The molecule has 0 spiro atoms. The van der Waals surface area contributed by atoms with E-state index in [-0.39, 0.29) is 11.7 Å². The third kappa shape index (κ3) is 3.81. The maximum atomic E-state index is 11.7. The zero-order valence-corrected chi connectivity index (χ0v) is 12.4. The van der Waals surface area contributed by atoms with Crippen molar-refractivity contribution in [1.29, 1.82) is 0 Å². The Morgan fingerprint density at radius 1 is 1.40 bits per heavy atom. The second-order valence-electron chi connectivity index (χ2n) is 4.59. The van der Waals surface area contributed by atoms with Crippen molar-refractivity contribution >= 4 is 23.0 Å². The first-order chi connectivity index (χ1) is 9.56. The number of hydrogen-bond acceptors (Lipinski definition) is 4. The molecule has 0 aliphatic rings. The first-order valence-corrected chi connectivity index (χ1v) is 7.33. The molecule has 0 unspecified atom stereocenters. The highest BCUT2D eigenvalue weighted by molar-refractivity contribution is 7.09. The minimum atomic E-state index is -0.0168. The number of aryl methyl sites for hydroxylation is 2. The van der Waals surface area contributed by atoms with Gasteiger partial charge in [0.05, 0.1) is 12.1 Å². The Bertz CT molecular complexity index is 599. The first kappa shape index (κ1) is 14.5. The molecular weight excluding hydrogens is 274 g/mol. The Balaban J connectivity index is 1.81. The average Bonchev–Trinajstić information content (AvgIpc) is 3.03. The van der Waals surface area contributed by atoms with Gasteiger partial charge in [-0.25, -0.2) is 0 Å². The van der Waals surface area contributed by atoms with Gasteiger partial charge in [0.1, 0.15) is 11.5 Å². The Kier molecular flexibility index (Phi) is 4.74. The standard InChI is InChI=1S/C15H17NO3S/c1-10(17)14-8-12(19-11(14)2)5-6-15(18)16-9-13-4-3-7-20-13/h3-4,7-8H,5-6,9H2,1-2H3,(H,16,18). The highest BCUT2D eigenvalue weighted by Crippen LogP contribution is 2.16. The second kappa shape index (κ2) is 6.52. The molecule has 0 aliphatic carbocycles. The van der Waals surface area contributed by atoms with Gasteiger partial charge in [0, 0.05) is 17.7 Å². The number of furan rings is 1. The highest BCUT2D eigenvalue weighted by atomic mass is 32.1. The summed E-state index contributed by atoms with van der Waals surface area (Å²) in [5.41, 5.74) is 0.596. The number of thiophene rings is 1. The molecule has 2 heterocycles. The number of carbonyl (C=O) groups excluding carboxylic acids is 2. The molecule has 1 amide bonds.